The maximum absolute atomic E-state index is 6.00. The maximum atomic E-state index is 6.00. The SMILES string of the molecule is CCO[Si](C)(C)CCCN(CCCN(CC)CC)CCCN(CC)CC. The van der Waals surface area contributed by atoms with Crippen LogP contribution >= 0.6 is 0 Å². The van der Waals surface area contributed by atoms with Gasteiger partial charge in [-0.25, -0.2) is 0 Å². The molecule has 0 aliphatic carbocycles. The third kappa shape index (κ3) is 13.3. The molecule has 0 aromatic heterocycles. The van der Waals surface area contributed by atoms with Gasteiger partial charge >= 0.3 is 0 Å². The van der Waals surface area contributed by atoms with Crippen molar-refractivity contribution in [1.29, 1.82) is 0 Å². The summed E-state index contributed by atoms with van der Waals surface area (Å²) in [6.07, 6.45) is 3.87. The summed E-state index contributed by atoms with van der Waals surface area (Å²) in [5.74, 6) is 0. The van der Waals surface area contributed by atoms with E-state index in [9.17, 15) is 0 Å². The molecule has 0 radical (unpaired) electrons. The molecule has 0 N–H and O–H groups in total. The van der Waals surface area contributed by atoms with Crippen LogP contribution in [0.4, 0.5) is 0 Å². The van der Waals surface area contributed by atoms with Crippen LogP contribution in [-0.2, 0) is 4.43 Å². The highest BCUT2D eigenvalue weighted by Gasteiger charge is 2.21. The molecule has 0 atom stereocenters. The fourth-order valence-corrected chi connectivity index (χ4v) is 5.58. The second-order valence-corrected chi connectivity index (χ2v) is 12.2. The van der Waals surface area contributed by atoms with Gasteiger partial charge in [0.15, 0.2) is 8.32 Å². The Morgan fingerprint density at radius 1 is 0.577 bits per heavy atom. The van der Waals surface area contributed by atoms with Crippen molar-refractivity contribution in [3.05, 3.63) is 0 Å². The van der Waals surface area contributed by atoms with E-state index in [-0.39, 0.29) is 0 Å². The van der Waals surface area contributed by atoms with Crippen LogP contribution in [-0.4, -0.2) is 88.5 Å². The van der Waals surface area contributed by atoms with Crippen molar-refractivity contribution in [2.75, 3.05) is 65.5 Å². The molecule has 26 heavy (non-hydrogen) atoms. The average Bonchev–Trinajstić information content (AvgIpc) is 2.61. The topological polar surface area (TPSA) is 19.0 Å². The van der Waals surface area contributed by atoms with Crippen LogP contribution in [0.15, 0.2) is 0 Å². The molecule has 5 heteroatoms. The van der Waals surface area contributed by atoms with Crippen molar-refractivity contribution in [2.24, 2.45) is 0 Å². The second-order valence-electron chi connectivity index (χ2n) is 7.90. The molecule has 0 spiro atoms. The fraction of sp³-hybridized carbons (Fsp3) is 1.00. The lowest BCUT2D eigenvalue weighted by molar-refractivity contribution is 0.216. The first-order valence-corrected chi connectivity index (χ1v) is 14.3. The molecule has 0 fully saturated rings. The van der Waals surface area contributed by atoms with E-state index < -0.39 is 8.32 Å². The van der Waals surface area contributed by atoms with Crippen molar-refractivity contribution >= 4 is 8.32 Å². The van der Waals surface area contributed by atoms with E-state index in [1.54, 1.807) is 0 Å². The highest BCUT2D eigenvalue weighted by molar-refractivity contribution is 6.71. The Hall–Kier alpha value is 0.0569. The number of nitrogens with zero attached hydrogens (tertiary/aromatic N) is 3. The van der Waals surface area contributed by atoms with Crippen LogP contribution in [0.3, 0.4) is 0 Å². The summed E-state index contributed by atoms with van der Waals surface area (Å²) in [5.41, 5.74) is 0. The summed E-state index contributed by atoms with van der Waals surface area (Å²) in [6, 6.07) is 1.28. The lowest BCUT2D eigenvalue weighted by atomic mass is 10.2. The molecule has 0 unspecified atom stereocenters. The van der Waals surface area contributed by atoms with Crippen molar-refractivity contribution in [3.8, 4) is 0 Å². The smallest absolute Gasteiger partial charge is 0.186 e. The zero-order valence-electron chi connectivity index (χ0n) is 19.1. The molecule has 0 heterocycles. The molecule has 0 rings (SSSR count). The third-order valence-corrected chi connectivity index (χ3v) is 8.10. The van der Waals surface area contributed by atoms with Crippen molar-refractivity contribution in [3.63, 3.8) is 0 Å². The molecular formula is C21H49N3OSi. The van der Waals surface area contributed by atoms with Gasteiger partial charge in [-0.3, -0.25) is 0 Å². The Balaban J connectivity index is 4.33. The minimum atomic E-state index is -1.43. The molecule has 0 aromatic carbocycles. The van der Waals surface area contributed by atoms with Crippen LogP contribution in [0.25, 0.3) is 0 Å². The molecule has 158 valence electrons. The fourth-order valence-electron chi connectivity index (χ4n) is 3.64. The Labute approximate surface area is 166 Å². The van der Waals surface area contributed by atoms with E-state index in [2.05, 4.69) is 62.4 Å². The lowest BCUT2D eigenvalue weighted by Crippen LogP contribution is -2.35. The van der Waals surface area contributed by atoms with Gasteiger partial charge in [-0.05, 0) is 104 Å². The van der Waals surface area contributed by atoms with Gasteiger partial charge < -0.3 is 19.1 Å². The summed E-state index contributed by atoms with van der Waals surface area (Å²) in [5, 5.41) is 0. The molecule has 0 aromatic rings. The zero-order valence-corrected chi connectivity index (χ0v) is 20.1. The van der Waals surface area contributed by atoms with Gasteiger partial charge in [0.2, 0.25) is 0 Å². The highest BCUT2D eigenvalue weighted by Crippen LogP contribution is 2.14. The van der Waals surface area contributed by atoms with E-state index in [1.807, 2.05) is 0 Å². The van der Waals surface area contributed by atoms with Crippen LogP contribution < -0.4 is 0 Å². The minimum Gasteiger partial charge on any atom is -0.418 e. The third-order valence-electron chi connectivity index (χ3n) is 5.47. The number of hydrogen-bond donors (Lipinski definition) is 0. The van der Waals surface area contributed by atoms with Gasteiger partial charge in [0.05, 0.1) is 0 Å². The van der Waals surface area contributed by atoms with Crippen molar-refractivity contribution < 1.29 is 4.43 Å². The van der Waals surface area contributed by atoms with Gasteiger partial charge in [0.1, 0.15) is 0 Å². The quantitative estimate of drug-likeness (QED) is 0.325. The molecule has 0 aliphatic rings. The lowest BCUT2D eigenvalue weighted by Gasteiger charge is -2.28. The first kappa shape index (κ1) is 26.1. The molecular weight excluding hydrogens is 338 g/mol. The summed E-state index contributed by atoms with van der Waals surface area (Å²) in [4.78, 5) is 7.79. The van der Waals surface area contributed by atoms with Gasteiger partial charge in [-0.1, -0.05) is 27.7 Å². The molecule has 0 amide bonds. The largest absolute Gasteiger partial charge is 0.418 e. The normalized spacial score (nSPS) is 12.7. The number of rotatable bonds is 18. The first-order chi connectivity index (χ1) is 12.4. The van der Waals surface area contributed by atoms with E-state index in [4.69, 9.17) is 4.43 Å². The van der Waals surface area contributed by atoms with Gasteiger partial charge in [-0.15, -0.1) is 0 Å². The molecule has 0 aliphatic heterocycles. The second kappa shape index (κ2) is 16.1. The van der Waals surface area contributed by atoms with E-state index >= 15 is 0 Å². The number of hydrogen-bond acceptors (Lipinski definition) is 4. The summed E-state index contributed by atoms with van der Waals surface area (Å²) in [7, 11) is -1.43. The van der Waals surface area contributed by atoms with Crippen molar-refractivity contribution in [1.82, 2.24) is 14.7 Å². The molecule has 0 bridgehead atoms. The standard InChI is InChI=1S/C21H49N3OSi/c1-8-22(9-2)16-13-18-24(19-14-17-23(10-3)11-4)20-15-21-26(6,7)25-12-5/h8-21H2,1-7H3. The van der Waals surface area contributed by atoms with Crippen LogP contribution in [0, 0.1) is 0 Å². The Kier molecular flexibility index (Phi) is 16.1. The summed E-state index contributed by atoms with van der Waals surface area (Å²) < 4.78 is 6.00. The zero-order chi connectivity index (χ0) is 19.8. The maximum Gasteiger partial charge on any atom is 0.186 e. The predicted octanol–water partition coefficient (Wildman–Crippen LogP) is 4.38. The average molecular weight is 388 g/mol. The molecule has 0 saturated heterocycles. The van der Waals surface area contributed by atoms with Crippen LogP contribution in [0.2, 0.25) is 19.1 Å². The highest BCUT2D eigenvalue weighted by atomic mass is 28.4. The molecule has 0 saturated carbocycles. The van der Waals surface area contributed by atoms with E-state index in [0.717, 1.165) is 6.61 Å². The van der Waals surface area contributed by atoms with E-state index in [0.29, 0.717) is 0 Å². The Bertz CT molecular complexity index is 290. The minimum absolute atomic E-state index is 0.872. The van der Waals surface area contributed by atoms with E-state index in [1.165, 1.54) is 84.2 Å². The monoisotopic (exact) mass is 387 g/mol. The molecule has 4 nitrogen and oxygen atoms in total. The van der Waals surface area contributed by atoms with Gasteiger partial charge in [0.25, 0.3) is 0 Å². The Morgan fingerprint density at radius 3 is 1.35 bits per heavy atom. The van der Waals surface area contributed by atoms with Crippen LogP contribution in [0.5, 0.6) is 0 Å². The van der Waals surface area contributed by atoms with Gasteiger partial charge in [0, 0.05) is 6.61 Å². The van der Waals surface area contributed by atoms with Crippen LogP contribution in [0.1, 0.15) is 53.9 Å². The van der Waals surface area contributed by atoms with Crippen molar-refractivity contribution in [2.45, 2.75) is 73.0 Å². The summed E-state index contributed by atoms with van der Waals surface area (Å²) in [6.45, 7) is 27.7. The Morgan fingerprint density at radius 2 is 0.962 bits per heavy atom. The summed E-state index contributed by atoms with van der Waals surface area (Å²) >= 11 is 0. The van der Waals surface area contributed by atoms with Gasteiger partial charge in [-0.2, -0.15) is 0 Å². The predicted molar refractivity (Wildman–Crippen MR) is 120 cm³/mol. The first-order valence-electron chi connectivity index (χ1n) is 11.2.